The Balaban J connectivity index is 1.59. The van der Waals surface area contributed by atoms with E-state index in [4.69, 9.17) is 11.6 Å². The van der Waals surface area contributed by atoms with E-state index in [1.807, 2.05) is 0 Å². The summed E-state index contributed by atoms with van der Waals surface area (Å²) >= 11 is 5.85. The first-order valence-corrected chi connectivity index (χ1v) is 8.12. The van der Waals surface area contributed by atoms with E-state index in [1.165, 1.54) is 30.3 Å². The molecule has 1 aliphatic rings. The average Bonchev–Trinajstić information content (AvgIpc) is 2.59. The minimum absolute atomic E-state index is 0.00878. The Kier molecular flexibility index (Phi) is 5.11. The van der Waals surface area contributed by atoms with Crippen molar-refractivity contribution < 1.29 is 13.6 Å². The fourth-order valence-corrected chi connectivity index (χ4v) is 2.96. The highest BCUT2D eigenvalue weighted by molar-refractivity contribution is 6.31. The molecule has 1 heterocycles. The third-order valence-corrected chi connectivity index (χ3v) is 4.37. The molecule has 1 fully saturated rings. The van der Waals surface area contributed by atoms with Crippen LogP contribution in [0.5, 0.6) is 0 Å². The van der Waals surface area contributed by atoms with Crippen LogP contribution >= 0.6 is 11.6 Å². The van der Waals surface area contributed by atoms with Crippen molar-refractivity contribution in [1.29, 1.82) is 0 Å². The molecule has 0 spiro atoms. The number of hydrogen-bond donors (Lipinski definition) is 0. The fourth-order valence-electron chi connectivity index (χ4n) is 2.79. The van der Waals surface area contributed by atoms with Gasteiger partial charge >= 0.3 is 0 Å². The number of amides is 1. The maximum Gasteiger partial charge on any atom is 0.256 e. The Hall–Kier alpha value is -1.98. The summed E-state index contributed by atoms with van der Waals surface area (Å²) in [5, 5.41) is 0.342. The van der Waals surface area contributed by atoms with Gasteiger partial charge < -0.3 is 4.90 Å². The average molecular weight is 351 g/mol. The number of benzene rings is 2. The van der Waals surface area contributed by atoms with Crippen LogP contribution in [0.15, 0.2) is 42.5 Å². The van der Waals surface area contributed by atoms with Gasteiger partial charge in [-0.25, -0.2) is 8.78 Å². The Morgan fingerprint density at radius 3 is 2.33 bits per heavy atom. The van der Waals surface area contributed by atoms with Crippen molar-refractivity contribution >= 4 is 17.5 Å². The predicted octanol–water partition coefficient (Wildman–Crippen LogP) is 3.58. The maximum absolute atomic E-state index is 13.8. The molecule has 2 aromatic carbocycles. The SMILES string of the molecule is O=C(c1cc(Cl)ccc1F)N1CCN(Cc2ccc(F)cc2)CC1. The zero-order valence-corrected chi connectivity index (χ0v) is 13.8. The second-order valence-electron chi connectivity index (χ2n) is 5.82. The number of rotatable bonds is 3. The number of carbonyl (C=O) groups is 1. The van der Waals surface area contributed by atoms with E-state index < -0.39 is 5.82 Å². The number of nitrogens with zero attached hydrogens (tertiary/aromatic N) is 2. The molecule has 0 saturated carbocycles. The van der Waals surface area contributed by atoms with Crippen LogP contribution < -0.4 is 0 Å². The molecule has 6 heteroatoms. The highest BCUT2D eigenvalue weighted by atomic mass is 35.5. The molecule has 1 saturated heterocycles. The molecule has 0 radical (unpaired) electrons. The molecule has 0 atom stereocenters. The van der Waals surface area contributed by atoms with Gasteiger partial charge in [0.05, 0.1) is 5.56 Å². The molecule has 3 rings (SSSR count). The van der Waals surface area contributed by atoms with Crippen molar-refractivity contribution in [2.75, 3.05) is 26.2 Å². The molecule has 1 aliphatic heterocycles. The van der Waals surface area contributed by atoms with E-state index in [1.54, 1.807) is 17.0 Å². The lowest BCUT2D eigenvalue weighted by atomic mass is 10.1. The minimum Gasteiger partial charge on any atom is -0.336 e. The van der Waals surface area contributed by atoms with Crippen molar-refractivity contribution in [2.24, 2.45) is 0 Å². The van der Waals surface area contributed by atoms with Crippen LogP contribution in [0, 0.1) is 11.6 Å². The molecular formula is C18H17ClF2N2O. The van der Waals surface area contributed by atoms with Crippen molar-refractivity contribution in [3.8, 4) is 0 Å². The van der Waals surface area contributed by atoms with Crippen molar-refractivity contribution in [3.63, 3.8) is 0 Å². The smallest absolute Gasteiger partial charge is 0.256 e. The van der Waals surface area contributed by atoms with Crippen LogP contribution in [0.2, 0.25) is 5.02 Å². The van der Waals surface area contributed by atoms with Gasteiger partial charge in [0, 0.05) is 37.7 Å². The third kappa shape index (κ3) is 3.91. The van der Waals surface area contributed by atoms with E-state index in [-0.39, 0.29) is 17.3 Å². The number of piperazine rings is 1. The Bertz CT molecular complexity index is 728. The normalized spacial score (nSPS) is 15.5. The molecule has 0 unspecified atom stereocenters. The highest BCUT2D eigenvalue weighted by Gasteiger charge is 2.24. The van der Waals surface area contributed by atoms with E-state index in [9.17, 15) is 13.6 Å². The predicted molar refractivity (Wildman–Crippen MR) is 89.0 cm³/mol. The Morgan fingerprint density at radius 1 is 1.00 bits per heavy atom. The largest absolute Gasteiger partial charge is 0.336 e. The molecule has 1 amide bonds. The Morgan fingerprint density at radius 2 is 1.67 bits per heavy atom. The van der Waals surface area contributed by atoms with Crippen LogP contribution in [0.4, 0.5) is 8.78 Å². The first-order valence-electron chi connectivity index (χ1n) is 7.74. The van der Waals surface area contributed by atoms with E-state index in [2.05, 4.69) is 4.90 Å². The molecule has 0 aromatic heterocycles. The summed E-state index contributed by atoms with van der Waals surface area (Å²) in [4.78, 5) is 16.3. The van der Waals surface area contributed by atoms with Gasteiger partial charge in [0.1, 0.15) is 11.6 Å². The zero-order valence-electron chi connectivity index (χ0n) is 13.0. The topological polar surface area (TPSA) is 23.6 Å². The van der Waals surface area contributed by atoms with Crippen LogP contribution in [-0.4, -0.2) is 41.9 Å². The Labute approximate surface area is 144 Å². The first kappa shape index (κ1) is 16.9. The monoisotopic (exact) mass is 350 g/mol. The van der Waals surface area contributed by atoms with Gasteiger partial charge in [-0.3, -0.25) is 9.69 Å². The fraction of sp³-hybridized carbons (Fsp3) is 0.278. The van der Waals surface area contributed by atoms with Crippen molar-refractivity contribution in [1.82, 2.24) is 9.80 Å². The van der Waals surface area contributed by atoms with Gasteiger partial charge in [0.15, 0.2) is 0 Å². The summed E-state index contributed by atoms with van der Waals surface area (Å²) in [5.41, 5.74) is 1.03. The van der Waals surface area contributed by atoms with E-state index >= 15 is 0 Å². The molecule has 3 nitrogen and oxygen atoms in total. The van der Waals surface area contributed by atoms with Crippen LogP contribution in [-0.2, 0) is 6.54 Å². The van der Waals surface area contributed by atoms with Crippen LogP contribution in [0.3, 0.4) is 0 Å². The number of carbonyl (C=O) groups excluding carboxylic acids is 1. The highest BCUT2D eigenvalue weighted by Crippen LogP contribution is 2.18. The molecule has 0 bridgehead atoms. The molecule has 0 aliphatic carbocycles. The molecule has 126 valence electrons. The van der Waals surface area contributed by atoms with Gasteiger partial charge in [-0.2, -0.15) is 0 Å². The summed E-state index contributed by atoms with van der Waals surface area (Å²) < 4.78 is 26.8. The second-order valence-corrected chi connectivity index (χ2v) is 6.26. The molecule has 0 N–H and O–H groups in total. The maximum atomic E-state index is 13.8. The lowest BCUT2D eigenvalue weighted by Gasteiger charge is -2.34. The van der Waals surface area contributed by atoms with Gasteiger partial charge in [-0.1, -0.05) is 23.7 Å². The summed E-state index contributed by atoms with van der Waals surface area (Å²) in [6.45, 7) is 3.11. The van der Waals surface area contributed by atoms with Crippen LogP contribution in [0.1, 0.15) is 15.9 Å². The second kappa shape index (κ2) is 7.28. The van der Waals surface area contributed by atoms with E-state index in [0.29, 0.717) is 37.7 Å². The molecule has 2 aromatic rings. The van der Waals surface area contributed by atoms with Crippen LogP contribution in [0.25, 0.3) is 0 Å². The van der Waals surface area contributed by atoms with Gasteiger partial charge in [-0.05, 0) is 35.9 Å². The van der Waals surface area contributed by atoms with Crippen molar-refractivity contribution in [2.45, 2.75) is 6.54 Å². The first-order chi connectivity index (χ1) is 11.5. The number of hydrogen-bond acceptors (Lipinski definition) is 2. The lowest BCUT2D eigenvalue weighted by molar-refractivity contribution is 0.0624. The van der Waals surface area contributed by atoms with Gasteiger partial charge in [-0.15, -0.1) is 0 Å². The summed E-state index contributed by atoms with van der Waals surface area (Å²) in [6, 6.07) is 10.4. The summed E-state index contributed by atoms with van der Waals surface area (Å²) in [6.07, 6.45) is 0. The van der Waals surface area contributed by atoms with Gasteiger partial charge in [0.25, 0.3) is 5.91 Å². The zero-order chi connectivity index (χ0) is 17.1. The molecular weight excluding hydrogens is 334 g/mol. The molecule has 24 heavy (non-hydrogen) atoms. The summed E-state index contributed by atoms with van der Waals surface area (Å²) in [5.74, 6) is -1.15. The third-order valence-electron chi connectivity index (χ3n) is 4.14. The van der Waals surface area contributed by atoms with Crippen molar-refractivity contribution in [3.05, 3.63) is 70.2 Å². The number of halogens is 3. The summed E-state index contributed by atoms with van der Waals surface area (Å²) in [7, 11) is 0. The minimum atomic E-state index is -0.557. The lowest BCUT2D eigenvalue weighted by Crippen LogP contribution is -2.48. The van der Waals surface area contributed by atoms with Gasteiger partial charge in [0.2, 0.25) is 0 Å². The van der Waals surface area contributed by atoms with E-state index in [0.717, 1.165) is 5.56 Å². The standard InChI is InChI=1S/C18H17ClF2N2O/c19-14-3-6-17(21)16(11-14)18(24)23-9-7-22(8-10-23)12-13-1-4-15(20)5-2-13/h1-6,11H,7-10,12H2. The quantitative estimate of drug-likeness (QED) is 0.844.